The molecule has 5 nitrogen and oxygen atoms in total. The normalized spacial score (nSPS) is 17.3. The molecule has 1 atom stereocenters. The van der Waals surface area contributed by atoms with E-state index in [-0.39, 0.29) is 5.91 Å². The van der Waals surface area contributed by atoms with E-state index in [2.05, 4.69) is 9.88 Å². The second-order valence-corrected chi connectivity index (χ2v) is 5.39. The number of aliphatic hydroxyl groups is 1. The lowest BCUT2D eigenvalue weighted by atomic mass is 10.2. The first kappa shape index (κ1) is 15.1. The summed E-state index contributed by atoms with van der Waals surface area (Å²) in [7, 11) is 1.55. The molecule has 0 saturated heterocycles. The van der Waals surface area contributed by atoms with Crippen molar-refractivity contribution in [2.75, 3.05) is 20.3 Å². The highest BCUT2D eigenvalue weighted by atomic mass is 16.5. The maximum atomic E-state index is 12.2. The van der Waals surface area contributed by atoms with Gasteiger partial charge in [0.05, 0.1) is 12.7 Å². The molecule has 1 heterocycles. The van der Waals surface area contributed by atoms with Crippen LogP contribution in [0.5, 0.6) is 0 Å². The van der Waals surface area contributed by atoms with Gasteiger partial charge in [0.1, 0.15) is 5.69 Å². The molecule has 2 rings (SSSR count). The summed E-state index contributed by atoms with van der Waals surface area (Å²) in [6, 6.07) is 4.25. The van der Waals surface area contributed by atoms with E-state index in [0.29, 0.717) is 25.6 Å². The molecule has 20 heavy (non-hydrogen) atoms. The minimum atomic E-state index is -0.526. The quantitative estimate of drug-likeness (QED) is 0.799. The van der Waals surface area contributed by atoms with Crippen LogP contribution in [0.3, 0.4) is 0 Å². The summed E-state index contributed by atoms with van der Waals surface area (Å²) >= 11 is 0. The fourth-order valence-corrected chi connectivity index (χ4v) is 2.81. The Morgan fingerprint density at radius 1 is 1.55 bits per heavy atom. The Hall–Kier alpha value is -1.33. The Kier molecular flexibility index (Phi) is 5.61. The van der Waals surface area contributed by atoms with Gasteiger partial charge in [0, 0.05) is 25.9 Å². The van der Waals surface area contributed by atoms with Crippen LogP contribution in [-0.2, 0) is 4.74 Å². The van der Waals surface area contributed by atoms with Gasteiger partial charge in [-0.1, -0.05) is 12.8 Å². The lowest BCUT2D eigenvalue weighted by molar-refractivity contribution is 0.0587. The number of aliphatic hydroxyl groups excluding tert-OH is 1. The largest absolute Gasteiger partial charge is 0.391 e. The number of carbonyl (C=O) groups excluding carboxylic acids is 1. The molecular weight excluding hydrogens is 256 g/mol. The maximum absolute atomic E-state index is 12.2. The molecule has 1 aliphatic rings. The summed E-state index contributed by atoms with van der Waals surface area (Å²) in [5.74, 6) is -0.0634. The molecule has 1 aliphatic carbocycles. The summed E-state index contributed by atoms with van der Waals surface area (Å²) in [5.41, 5.74) is 0.720. The maximum Gasteiger partial charge on any atom is 0.267 e. The van der Waals surface area contributed by atoms with Crippen molar-refractivity contribution in [3.05, 3.63) is 24.0 Å². The Bertz CT molecular complexity index is 425. The highest BCUT2D eigenvalue weighted by Gasteiger charge is 2.21. The molecule has 1 aromatic rings. The SMILES string of the molecule is COCC(O)CCNC(=O)c1cccn1C1CCCC1. The zero-order valence-electron chi connectivity index (χ0n) is 12.0. The fourth-order valence-electron chi connectivity index (χ4n) is 2.81. The number of hydrogen-bond acceptors (Lipinski definition) is 3. The Labute approximate surface area is 119 Å². The molecule has 1 amide bonds. The minimum Gasteiger partial charge on any atom is -0.391 e. The van der Waals surface area contributed by atoms with E-state index >= 15 is 0 Å². The second-order valence-electron chi connectivity index (χ2n) is 5.39. The average molecular weight is 280 g/mol. The van der Waals surface area contributed by atoms with Crippen LogP contribution in [0.4, 0.5) is 0 Å². The van der Waals surface area contributed by atoms with Crippen molar-refractivity contribution in [2.45, 2.75) is 44.2 Å². The van der Waals surface area contributed by atoms with Crippen molar-refractivity contribution in [3.63, 3.8) is 0 Å². The van der Waals surface area contributed by atoms with Crippen molar-refractivity contribution in [1.29, 1.82) is 0 Å². The van der Waals surface area contributed by atoms with E-state index in [0.717, 1.165) is 18.5 Å². The highest BCUT2D eigenvalue weighted by Crippen LogP contribution is 2.30. The van der Waals surface area contributed by atoms with E-state index < -0.39 is 6.10 Å². The van der Waals surface area contributed by atoms with Crippen LogP contribution in [-0.4, -0.2) is 41.9 Å². The van der Waals surface area contributed by atoms with Gasteiger partial charge in [-0.2, -0.15) is 0 Å². The van der Waals surface area contributed by atoms with Gasteiger partial charge in [0.2, 0.25) is 0 Å². The number of hydrogen-bond donors (Lipinski definition) is 2. The molecular formula is C15H24N2O3. The number of nitrogens with one attached hydrogen (secondary N) is 1. The third kappa shape index (κ3) is 3.84. The number of rotatable bonds is 7. The average Bonchev–Trinajstić information content (AvgIpc) is 3.09. The molecule has 5 heteroatoms. The van der Waals surface area contributed by atoms with Gasteiger partial charge in [-0.05, 0) is 31.4 Å². The topological polar surface area (TPSA) is 63.5 Å². The first-order valence-electron chi connectivity index (χ1n) is 7.34. The zero-order chi connectivity index (χ0) is 14.4. The van der Waals surface area contributed by atoms with Crippen LogP contribution < -0.4 is 5.32 Å². The molecule has 2 N–H and O–H groups in total. The number of carbonyl (C=O) groups is 1. The molecule has 1 saturated carbocycles. The van der Waals surface area contributed by atoms with E-state index in [9.17, 15) is 9.90 Å². The molecule has 0 radical (unpaired) electrons. The molecule has 0 bridgehead atoms. The summed E-state index contributed by atoms with van der Waals surface area (Å²) in [4.78, 5) is 12.2. The van der Waals surface area contributed by atoms with Crippen molar-refractivity contribution >= 4 is 5.91 Å². The van der Waals surface area contributed by atoms with E-state index in [4.69, 9.17) is 4.74 Å². The van der Waals surface area contributed by atoms with Gasteiger partial charge in [0.15, 0.2) is 0 Å². The van der Waals surface area contributed by atoms with Crippen LogP contribution in [0.1, 0.15) is 48.6 Å². The molecule has 112 valence electrons. The van der Waals surface area contributed by atoms with Crippen LogP contribution >= 0.6 is 0 Å². The number of aromatic nitrogens is 1. The van der Waals surface area contributed by atoms with E-state index in [1.54, 1.807) is 7.11 Å². The first-order valence-corrected chi connectivity index (χ1v) is 7.34. The lowest BCUT2D eigenvalue weighted by Gasteiger charge is -2.16. The third-order valence-corrected chi connectivity index (χ3v) is 3.85. The fraction of sp³-hybridized carbons (Fsp3) is 0.667. The predicted octanol–water partition coefficient (Wildman–Crippen LogP) is 1.73. The van der Waals surface area contributed by atoms with Crippen molar-refractivity contribution < 1.29 is 14.6 Å². The second kappa shape index (κ2) is 7.45. The van der Waals surface area contributed by atoms with Crippen molar-refractivity contribution in [1.82, 2.24) is 9.88 Å². The number of nitrogens with zero attached hydrogens (tertiary/aromatic N) is 1. The highest BCUT2D eigenvalue weighted by molar-refractivity contribution is 5.92. The Morgan fingerprint density at radius 2 is 2.30 bits per heavy atom. The van der Waals surface area contributed by atoms with Gasteiger partial charge >= 0.3 is 0 Å². The van der Waals surface area contributed by atoms with Crippen LogP contribution in [0.2, 0.25) is 0 Å². The van der Waals surface area contributed by atoms with E-state index in [1.807, 2.05) is 18.3 Å². The number of amides is 1. The molecule has 0 aliphatic heterocycles. The third-order valence-electron chi connectivity index (χ3n) is 3.85. The standard InChI is InChI=1S/C15H24N2O3/c1-20-11-13(18)8-9-16-15(19)14-7-4-10-17(14)12-5-2-3-6-12/h4,7,10,12-13,18H,2-3,5-6,8-9,11H2,1H3,(H,16,19). The van der Waals surface area contributed by atoms with Crippen LogP contribution in [0, 0.1) is 0 Å². The minimum absolute atomic E-state index is 0.0634. The summed E-state index contributed by atoms with van der Waals surface area (Å²) in [5, 5.41) is 12.4. The van der Waals surface area contributed by atoms with Gasteiger partial charge in [0.25, 0.3) is 5.91 Å². The Balaban J connectivity index is 1.85. The first-order chi connectivity index (χ1) is 9.72. The predicted molar refractivity (Wildman–Crippen MR) is 76.8 cm³/mol. The smallest absolute Gasteiger partial charge is 0.267 e. The van der Waals surface area contributed by atoms with Crippen molar-refractivity contribution in [3.8, 4) is 0 Å². The van der Waals surface area contributed by atoms with Gasteiger partial charge in [-0.3, -0.25) is 4.79 Å². The molecule has 1 unspecified atom stereocenters. The zero-order valence-corrected chi connectivity index (χ0v) is 12.0. The van der Waals surface area contributed by atoms with Gasteiger partial charge in [-0.15, -0.1) is 0 Å². The van der Waals surface area contributed by atoms with Gasteiger partial charge < -0.3 is 19.7 Å². The molecule has 1 aromatic heterocycles. The number of ether oxygens (including phenoxy) is 1. The van der Waals surface area contributed by atoms with Gasteiger partial charge in [-0.25, -0.2) is 0 Å². The summed E-state index contributed by atoms with van der Waals surface area (Å²) < 4.78 is 6.94. The Morgan fingerprint density at radius 3 is 3.00 bits per heavy atom. The van der Waals surface area contributed by atoms with Crippen LogP contribution in [0.15, 0.2) is 18.3 Å². The molecule has 0 aromatic carbocycles. The monoisotopic (exact) mass is 280 g/mol. The van der Waals surface area contributed by atoms with Crippen LogP contribution in [0.25, 0.3) is 0 Å². The lowest BCUT2D eigenvalue weighted by Crippen LogP contribution is -2.30. The number of methoxy groups -OCH3 is 1. The summed E-state index contributed by atoms with van der Waals surface area (Å²) in [6.45, 7) is 0.757. The van der Waals surface area contributed by atoms with E-state index in [1.165, 1.54) is 12.8 Å². The molecule has 0 spiro atoms. The van der Waals surface area contributed by atoms with Crippen molar-refractivity contribution in [2.24, 2.45) is 0 Å². The molecule has 1 fully saturated rings. The summed E-state index contributed by atoms with van der Waals surface area (Å²) in [6.07, 6.45) is 6.76.